The topological polar surface area (TPSA) is 106 Å². The smallest absolute Gasteiger partial charge is 0.410 e. The molecular formula is C33H39N5O4SSi. The number of benzene rings is 2. The number of likely N-dealkylation sites (tertiary alicyclic amines) is 1. The summed E-state index contributed by atoms with van der Waals surface area (Å²) in [4.78, 5) is 24.2. The lowest BCUT2D eigenvalue weighted by Gasteiger charge is -2.34. The van der Waals surface area contributed by atoms with Gasteiger partial charge in [-0.25, -0.2) is 27.2 Å². The zero-order valence-electron chi connectivity index (χ0n) is 26.1. The molecule has 0 spiro atoms. The first kappa shape index (κ1) is 31.3. The zero-order valence-corrected chi connectivity index (χ0v) is 27.9. The van der Waals surface area contributed by atoms with Crippen LogP contribution in [0.1, 0.15) is 39.2 Å². The number of amides is 1. The zero-order chi connectivity index (χ0) is 31.7. The van der Waals surface area contributed by atoms with E-state index in [1.807, 2.05) is 39.0 Å². The molecule has 5 rings (SSSR count). The van der Waals surface area contributed by atoms with Crippen LogP contribution < -0.4 is 5.32 Å². The molecule has 9 nitrogen and oxygen atoms in total. The van der Waals surface area contributed by atoms with Crippen molar-refractivity contribution in [2.45, 2.75) is 69.8 Å². The van der Waals surface area contributed by atoms with Gasteiger partial charge in [-0.1, -0.05) is 62.0 Å². The highest BCUT2D eigenvalue weighted by atomic mass is 32.2. The summed E-state index contributed by atoms with van der Waals surface area (Å²) in [5.41, 5.74) is 5.19. The number of aromatic nitrogens is 3. The standard InChI is InChI=1S/C33H39N5O4SSi/c1-33(2,3)42-32(39)37-19-12-13-25(22-37)35-31-34-21-24(18-20-44(4,5)6)30(36-31)28-23-38(29-17-11-10-16-27(28)29)43(40,41)26-14-8-7-9-15-26/h7-11,14-17,21,23,25H,12-13,19,22H2,1-6H3,(H,34,35,36). The summed E-state index contributed by atoms with van der Waals surface area (Å²) < 4.78 is 34.5. The van der Waals surface area contributed by atoms with E-state index in [-0.39, 0.29) is 17.0 Å². The fourth-order valence-electron chi connectivity index (χ4n) is 5.02. The lowest BCUT2D eigenvalue weighted by molar-refractivity contribution is 0.0206. The van der Waals surface area contributed by atoms with Crippen LogP contribution >= 0.6 is 0 Å². The summed E-state index contributed by atoms with van der Waals surface area (Å²) in [5, 5.41) is 4.15. The lowest BCUT2D eigenvalue weighted by Crippen LogP contribution is -2.47. The third-order valence-electron chi connectivity index (χ3n) is 7.00. The molecule has 1 N–H and O–H groups in total. The molecular weight excluding hydrogens is 591 g/mol. The molecule has 4 aromatic rings. The molecule has 2 aromatic heterocycles. The van der Waals surface area contributed by atoms with Crippen molar-refractivity contribution in [2.75, 3.05) is 18.4 Å². The molecule has 1 unspecified atom stereocenters. The van der Waals surface area contributed by atoms with Crippen LogP contribution in [-0.2, 0) is 14.8 Å². The summed E-state index contributed by atoms with van der Waals surface area (Å²) in [6.45, 7) is 13.1. The molecule has 1 amide bonds. The van der Waals surface area contributed by atoms with E-state index in [2.05, 4.69) is 41.4 Å². The summed E-state index contributed by atoms with van der Waals surface area (Å²) >= 11 is 0. The number of hydrogen-bond donors (Lipinski definition) is 1. The molecule has 0 bridgehead atoms. The van der Waals surface area contributed by atoms with Crippen LogP contribution in [0.5, 0.6) is 0 Å². The summed E-state index contributed by atoms with van der Waals surface area (Å²) in [6.07, 6.45) is 4.64. The summed E-state index contributed by atoms with van der Waals surface area (Å²) in [6, 6.07) is 15.7. The number of para-hydroxylation sites is 1. The van der Waals surface area contributed by atoms with Gasteiger partial charge in [-0.05, 0) is 51.8 Å². The fourth-order valence-corrected chi connectivity index (χ4v) is 6.92. The van der Waals surface area contributed by atoms with Crippen LogP contribution in [0.3, 0.4) is 0 Å². The van der Waals surface area contributed by atoms with E-state index in [0.717, 1.165) is 18.2 Å². The van der Waals surface area contributed by atoms with E-state index in [1.165, 1.54) is 3.97 Å². The predicted octanol–water partition coefficient (Wildman–Crippen LogP) is 6.38. The van der Waals surface area contributed by atoms with Gasteiger partial charge in [-0.3, -0.25) is 0 Å². The Kier molecular flexibility index (Phi) is 8.60. The monoisotopic (exact) mass is 629 g/mol. The maximum absolute atomic E-state index is 13.8. The number of hydrogen-bond acceptors (Lipinski definition) is 7. The highest BCUT2D eigenvalue weighted by Gasteiger charge is 2.29. The first-order valence-corrected chi connectivity index (χ1v) is 19.7. The van der Waals surface area contributed by atoms with Crippen molar-refractivity contribution in [2.24, 2.45) is 0 Å². The minimum Gasteiger partial charge on any atom is -0.444 e. The maximum Gasteiger partial charge on any atom is 0.410 e. The Balaban J connectivity index is 1.57. The predicted molar refractivity (Wildman–Crippen MR) is 177 cm³/mol. The largest absolute Gasteiger partial charge is 0.444 e. The molecule has 44 heavy (non-hydrogen) atoms. The molecule has 0 saturated carbocycles. The first-order chi connectivity index (χ1) is 20.7. The molecule has 230 valence electrons. The minimum atomic E-state index is -3.88. The van der Waals surface area contributed by atoms with Gasteiger partial charge in [0.05, 0.1) is 21.7 Å². The van der Waals surface area contributed by atoms with E-state index in [1.54, 1.807) is 53.7 Å². The van der Waals surface area contributed by atoms with Crippen LogP contribution in [0, 0.1) is 11.5 Å². The first-order valence-electron chi connectivity index (χ1n) is 14.8. The van der Waals surface area contributed by atoms with Crippen molar-refractivity contribution in [3.63, 3.8) is 0 Å². The van der Waals surface area contributed by atoms with Gasteiger partial charge in [0.25, 0.3) is 10.0 Å². The third-order valence-corrected chi connectivity index (χ3v) is 9.56. The Morgan fingerprint density at radius 2 is 1.77 bits per heavy atom. The Morgan fingerprint density at radius 3 is 2.48 bits per heavy atom. The number of anilines is 1. The number of carbonyl (C=O) groups is 1. The highest BCUT2D eigenvalue weighted by Crippen LogP contribution is 2.34. The SMILES string of the molecule is CC(C)(C)OC(=O)N1CCCC(Nc2ncc(C#C[Si](C)(C)C)c(-c3cn(S(=O)(=O)c4ccccc4)c4ccccc34)n2)C1. The molecule has 3 heterocycles. The number of nitrogens with one attached hydrogen (secondary N) is 1. The Bertz CT molecular complexity index is 1850. The number of nitrogens with zero attached hydrogens (tertiary/aromatic N) is 4. The van der Waals surface area contributed by atoms with E-state index in [0.29, 0.717) is 41.4 Å². The van der Waals surface area contributed by atoms with Gasteiger partial charge in [0.2, 0.25) is 5.95 Å². The fraction of sp³-hybridized carbons (Fsp3) is 0.364. The van der Waals surface area contributed by atoms with Gasteiger partial charge >= 0.3 is 6.09 Å². The Hall–Kier alpha value is -4.14. The minimum absolute atomic E-state index is 0.0807. The molecule has 0 aliphatic carbocycles. The molecule has 1 aliphatic heterocycles. The van der Waals surface area contributed by atoms with Gasteiger partial charge in [-0.2, -0.15) is 0 Å². The van der Waals surface area contributed by atoms with Gasteiger partial charge in [0.15, 0.2) is 0 Å². The second-order valence-electron chi connectivity index (χ2n) is 13.0. The molecule has 1 fully saturated rings. The number of ether oxygens (including phenoxy) is 1. The van der Waals surface area contributed by atoms with Gasteiger partial charge in [-0.15, -0.1) is 5.54 Å². The number of piperidine rings is 1. The second-order valence-corrected chi connectivity index (χ2v) is 19.6. The number of rotatable bonds is 5. The van der Waals surface area contributed by atoms with E-state index < -0.39 is 23.7 Å². The van der Waals surface area contributed by atoms with Crippen molar-refractivity contribution in [1.82, 2.24) is 18.8 Å². The second kappa shape index (κ2) is 12.1. The van der Waals surface area contributed by atoms with Crippen molar-refractivity contribution >= 4 is 41.0 Å². The molecule has 1 aliphatic rings. The molecule has 1 atom stereocenters. The highest BCUT2D eigenvalue weighted by molar-refractivity contribution is 7.90. The lowest BCUT2D eigenvalue weighted by atomic mass is 10.1. The summed E-state index contributed by atoms with van der Waals surface area (Å²) in [7, 11) is -5.64. The van der Waals surface area contributed by atoms with Crippen LogP contribution in [0.4, 0.5) is 10.7 Å². The van der Waals surface area contributed by atoms with Gasteiger partial charge < -0.3 is 15.0 Å². The van der Waals surface area contributed by atoms with E-state index >= 15 is 0 Å². The van der Waals surface area contributed by atoms with Crippen LogP contribution in [0.2, 0.25) is 19.6 Å². The Labute approximate surface area is 260 Å². The van der Waals surface area contributed by atoms with Crippen molar-refractivity contribution in [1.29, 1.82) is 0 Å². The summed E-state index contributed by atoms with van der Waals surface area (Å²) in [5.74, 6) is 3.69. The maximum atomic E-state index is 13.8. The Morgan fingerprint density at radius 1 is 1.07 bits per heavy atom. The van der Waals surface area contributed by atoms with E-state index in [9.17, 15) is 13.2 Å². The van der Waals surface area contributed by atoms with Crippen LogP contribution in [0.15, 0.2) is 71.9 Å². The van der Waals surface area contributed by atoms with Crippen molar-refractivity contribution in [3.8, 4) is 22.7 Å². The van der Waals surface area contributed by atoms with E-state index in [4.69, 9.17) is 9.72 Å². The molecule has 1 saturated heterocycles. The average molecular weight is 630 g/mol. The average Bonchev–Trinajstić information content (AvgIpc) is 3.36. The molecule has 0 radical (unpaired) electrons. The van der Waals surface area contributed by atoms with Gasteiger partial charge in [0, 0.05) is 42.5 Å². The quantitative estimate of drug-likeness (QED) is 0.202. The van der Waals surface area contributed by atoms with Crippen LogP contribution in [0.25, 0.3) is 22.2 Å². The molecule has 2 aromatic carbocycles. The molecule has 11 heteroatoms. The van der Waals surface area contributed by atoms with Crippen molar-refractivity contribution in [3.05, 3.63) is 72.6 Å². The van der Waals surface area contributed by atoms with Crippen LogP contribution in [-0.4, -0.2) is 66.2 Å². The normalized spacial score (nSPS) is 15.9. The number of carbonyl (C=O) groups excluding carboxylic acids is 1. The van der Waals surface area contributed by atoms with Gasteiger partial charge in [0.1, 0.15) is 13.7 Å². The van der Waals surface area contributed by atoms with Crippen molar-refractivity contribution < 1.29 is 17.9 Å². The third kappa shape index (κ3) is 7.14. The number of fused-ring (bicyclic) bond motifs is 1.